The molecule has 3 aromatic rings. The van der Waals surface area contributed by atoms with E-state index in [1.165, 1.54) is 23.6 Å². The predicted molar refractivity (Wildman–Crippen MR) is 85.8 cm³/mol. The van der Waals surface area contributed by atoms with Gasteiger partial charge in [0.15, 0.2) is 0 Å². The third kappa shape index (κ3) is 2.81. The van der Waals surface area contributed by atoms with Crippen LogP contribution in [0.25, 0.3) is 11.3 Å². The summed E-state index contributed by atoms with van der Waals surface area (Å²) >= 11 is 7.16. The molecule has 112 valence electrons. The Bertz CT molecular complexity index is 968. The molecule has 0 radical (unpaired) electrons. The van der Waals surface area contributed by atoms with Crippen molar-refractivity contribution in [3.63, 3.8) is 0 Å². The highest BCUT2D eigenvalue weighted by atomic mass is 35.5. The molecule has 0 saturated carbocycles. The summed E-state index contributed by atoms with van der Waals surface area (Å²) in [6, 6.07) is 6.19. The number of nitrogens with one attached hydrogen (secondary N) is 2. The van der Waals surface area contributed by atoms with Crippen molar-refractivity contribution in [3.8, 4) is 11.3 Å². The normalized spacial score (nSPS) is 10.8. The van der Waals surface area contributed by atoms with Gasteiger partial charge in [-0.2, -0.15) is 0 Å². The zero-order valence-electron chi connectivity index (χ0n) is 11.1. The van der Waals surface area contributed by atoms with Gasteiger partial charge in [0.2, 0.25) is 0 Å². The molecule has 0 amide bonds. The maximum atomic E-state index is 12.2. The minimum absolute atomic E-state index is 0.0883. The number of hydrogen-bond acceptors (Lipinski definition) is 4. The van der Waals surface area contributed by atoms with Crippen LogP contribution in [0.1, 0.15) is 5.56 Å². The Hall–Kier alpha value is -2.38. The van der Waals surface area contributed by atoms with Crippen LogP contribution in [0, 0.1) is 0 Å². The van der Waals surface area contributed by atoms with Gasteiger partial charge < -0.3 is 9.97 Å². The summed E-state index contributed by atoms with van der Waals surface area (Å²) < 4.78 is 1.54. The second-order valence-electron chi connectivity index (χ2n) is 4.58. The Morgan fingerprint density at radius 2 is 2.05 bits per heavy atom. The van der Waals surface area contributed by atoms with Crippen LogP contribution in [0.5, 0.6) is 0 Å². The quantitative estimate of drug-likeness (QED) is 0.763. The van der Waals surface area contributed by atoms with E-state index in [4.69, 9.17) is 11.6 Å². The van der Waals surface area contributed by atoms with Gasteiger partial charge in [-0.3, -0.25) is 14.2 Å². The fourth-order valence-electron chi connectivity index (χ4n) is 2.03. The number of aromatic amines is 2. The van der Waals surface area contributed by atoms with Crippen molar-refractivity contribution in [2.24, 2.45) is 0 Å². The van der Waals surface area contributed by atoms with Crippen molar-refractivity contribution in [3.05, 3.63) is 76.9 Å². The lowest BCUT2D eigenvalue weighted by atomic mass is 10.2. The number of rotatable bonds is 3. The first-order valence-electron chi connectivity index (χ1n) is 6.30. The van der Waals surface area contributed by atoms with E-state index < -0.39 is 11.2 Å². The first-order valence-corrected chi connectivity index (χ1v) is 7.55. The fraction of sp³-hybridized carbons (Fsp3) is 0.0714. The van der Waals surface area contributed by atoms with Crippen LogP contribution in [0.3, 0.4) is 0 Å². The Balaban J connectivity index is 2.04. The smallest absolute Gasteiger partial charge is 0.329 e. The molecule has 0 aliphatic heterocycles. The molecule has 0 atom stereocenters. The Labute approximate surface area is 132 Å². The molecule has 6 nitrogen and oxygen atoms in total. The zero-order chi connectivity index (χ0) is 15.7. The van der Waals surface area contributed by atoms with Crippen LogP contribution in [0.15, 0.2) is 50.2 Å². The second kappa shape index (κ2) is 5.78. The highest BCUT2D eigenvalue weighted by molar-refractivity contribution is 7.14. The van der Waals surface area contributed by atoms with Crippen LogP contribution in [-0.2, 0) is 6.54 Å². The fourth-order valence-corrected chi connectivity index (χ4v) is 2.91. The summed E-state index contributed by atoms with van der Waals surface area (Å²) in [4.78, 5) is 41.1. The average Bonchev–Trinajstić information content (AvgIpc) is 2.91. The topological polar surface area (TPSA) is 87.7 Å². The molecule has 3 rings (SSSR count). The molecule has 8 heteroatoms. The lowest BCUT2D eigenvalue weighted by Crippen LogP contribution is -2.36. The maximum Gasteiger partial charge on any atom is 0.329 e. The molecule has 0 aliphatic carbocycles. The van der Waals surface area contributed by atoms with E-state index in [2.05, 4.69) is 9.97 Å². The van der Waals surface area contributed by atoms with Crippen molar-refractivity contribution in [2.75, 3.05) is 0 Å². The lowest BCUT2D eigenvalue weighted by molar-refractivity contribution is 0.694. The molecule has 0 unspecified atom stereocenters. The molecule has 0 aliphatic rings. The first-order chi connectivity index (χ1) is 10.5. The van der Waals surface area contributed by atoms with Crippen LogP contribution in [-0.4, -0.2) is 14.5 Å². The molecule has 3 heterocycles. The Morgan fingerprint density at radius 1 is 1.23 bits per heavy atom. The Morgan fingerprint density at radius 3 is 2.68 bits per heavy atom. The monoisotopic (exact) mass is 335 g/mol. The number of hydrogen-bond donors (Lipinski definition) is 2. The summed E-state index contributed by atoms with van der Waals surface area (Å²) in [5.74, 6) is 0. The van der Waals surface area contributed by atoms with Crippen LogP contribution >= 0.6 is 22.9 Å². The third-order valence-corrected chi connectivity index (χ3v) is 4.22. The summed E-state index contributed by atoms with van der Waals surface area (Å²) in [6.07, 6.45) is 1.49. The third-order valence-electron chi connectivity index (χ3n) is 3.13. The summed E-state index contributed by atoms with van der Waals surface area (Å²) in [7, 11) is 0. The average molecular weight is 336 g/mol. The van der Waals surface area contributed by atoms with Gasteiger partial charge in [0.05, 0.1) is 16.6 Å². The summed E-state index contributed by atoms with van der Waals surface area (Å²) in [5.41, 5.74) is 0.0200. The molecule has 0 fully saturated rings. The van der Waals surface area contributed by atoms with Gasteiger partial charge in [0.1, 0.15) is 0 Å². The van der Waals surface area contributed by atoms with E-state index in [0.717, 1.165) is 4.57 Å². The van der Waals surface area contributed by atoms with Crippen LogP contribution in [0.2, 0.25) is 4.34 Å². The second-order valence-corrected chi connectivity index (χ2v) is 6.12. The molecular formula is C14H10ClN3O3S. The molecule has 2 N–H and O–H groups in total. The van der Waals surface area contributed by atoms with Crippen molar-refractivity contribution < 1.29 is 0 Å². The number of pyridine rings is 1. The summed E-state index contributed by atoms with van der Waals surface area (Å²) in [5, 5.41) is 1.75. The van der Waals surface area contributed by atoms with E-state index in [0.29, 0.717) is 21.2 Å². The molecule has 0 bridgehead atoms. The number of halogens is 1. The standard InChI is InChI=1S/C14H10ClN3O3S/c15-11-4-9(7-22-11)10-5-12(19)18(14(21)17-10)6-8-2-1-3-16-13(8)20/h1-5,7H,6H2,(H,16,20)(H,17,21). The molecule has 0 saturated heterocycles. The molecule has 22 heavy (non-hydrogen) atoms. The van der Waals surface area contributed by atoms with Crippen molar-refractivity contribution >= 4 is 22.9 Å². The predicted octanol–water partition coefficient (Wildman–Crippen LogP) is 1.66. The largest absolute Gasteiger partial charge is 0.329 e. The SMILES string of the molecule is O=c1[nH]cccc1Cn1c(=O)cc(-c2csc(Cl)c2)[nH]c1=O. The van der Waals surface area contributed by atoms with Crippen LogP contribution in [0.4, 0.5) is 0 Å². The number of nitrogens with zero attached hydrogens (tertiary/aromatic N) is 1. The lowest BCUT2D eigenvalue weighted by Gasteiger charge is -2.05. The van der Waals surface area contributed by atoms with E-state index in [9.17, 15) is 14.4 Å². The van der Waals surface area contributed by atoms with E-state index in [1.54, 1.807) is 23.6 Å². The highest BCUT2D eigenvalue weighted by Crippen LogP contribution is 2.26. The van der Waals surface area contributed by atoms with E-state index in [-0.39, 0.29) is 12.1 Å². The van der Waals surface area contributed by atoms with Gasteiger partial charge in [-0.1, -0.05) is 17.7 Å². The van der Waals surface area contributed by atoms with Gasteiger partial charge in [0.25, 0.3) is 11.1 Å². The van der Waals surface area contributed by atoms with E-state index in [1.807, 2.05) is 0 Å². The van der Waals surface area contributed by atoms with Crippen molar-refractivity contribution in [1.82, 2.24) is 14.5 Å². The van der Waals surface area contributed by atoms with Crippen molar-refractivity contribution in [1.29, 1.82) is 0 Å². The maximum absolute atomic E-state index is 12.2. The molecule has 3 aromatic heterocycles. The van der Waals surface area contributed by atoms with Crippen molar-refractivity contribution in [2.45, 2.75) is 6.54 Å². The van der Waals surface area contributed by atoms with Gasteiger partial charge in [-0.05, 0) is 12.1 Å². The molecule has 0 aromatic carbocycles. The van der Waals surface area contributed by atoms with Gasteiger partial charge in [-0.25, -0.2) is 4.79 Å². The molecular weight excluding hydrogens is 326 g/mol. The van der Waals surface area contributed by atoms with Crippen LogP contribution < -0.4 is 16.8 Å². The number of aromatic nitrogens is 3. The minimum atomic E-state index is -0.576. The van der Waals surface area contributed by atoms with Gasteiger partial charge in [0, 0.05) is 28.8 Å². The highest BCUT2D eigenvalue weighted by Gasteiger charge is 2.09. The molecule has 0 spiro atoms. The zero-order valence-corrected chi connectivity index (χ0v) is 12.7. The number of thiophene rings is 1. The first kappa shape index (κ1) is 14.6. The van der Waals surface area contributed by atoms with E-state index >= 15 is 0 Å². The summed E-state index contributed by atoms with van der Waals surface area (Å²) in [6.45, 7) is -0.0883. The number of H-pyrrole nitrogens is 2. The van der Waals surface area contributed by atoms with Gasteiger partial charge >= 0.3 is 5.69 Å². The van der Waals surface area contributed by atoms with Gasteiger partial charge in [-0.15, -0.1) is 11.3 Å². The minimum Gasteiger partial charge on any atom is -0.329 e. The Kier molecular flexibility index (Phi) is 3.82.